The highest BCUT2D eigenvalue weighted by atomic mass is 16.6. The van der Waals surface area contributed by atoms with E-state index in [1.54, 1.807) is 0 Å². The molecule has 0 rings (SSSR count). The quantitative estimate of drug-likeness (QED) is 0.0261. The van der Waals surface area contributed by atoms with Crippen molar-refractivity contribution in [2.24, 2.45) is 0 Å². The molecule has 6 heteroatoms. The number of unbranched alkanes of at least 4 members (excludes halogenated alkanes) is 31. The first-order chi connectivity index (χ1) is 40.5. The first-order valence-corrected chi connectivity index (χ1v) is 34.5. The standard InChI is InChI=1S/C76H128O6/c1-4-7-10-13-16-19-22-25-28-30-32-34-36-37-38-40-41-43-45-48-51-54-57-60-63-66-69-75(78)81-72-73(71-80-74(77)68-65-62-59-56-53-50-47-27-24-21-18-15-12-9-6-3)82-76(79)70-67-64-61-58-55-52-49-46-44-42-39-35-33-31-29-26-23-20-17-14-11-8-5-2/h8-9,11-12,17-18,20-21,26-27,29,33,35,42,44,47,49,52,58,61,73H,4-7,10,13-16,19,22-25,28,30-32,34,36-41,43,45-46,48,50-51,53-57,59-60,62-72H2,1-3H3/b11-8-,12-9-,20-17-,21-18-,29-26-,35-33-,44-42-,47-27-,52-49-,61-58-. The minimum Gasteiger partial charge on any atom is -0.462 e. The largest absolute Gasteiger partial charge is 0.462 e. The van der Waals surface area contributed by atoms with E-state index in [4.69, 9.17) is 14.2 Å². The smallest absolute Gasteiger partial charge is 0.306 e. The molecule has 0 saturated carbocycles. The Bertz CT molecular complexity index is 1690. The first-order valence-electron chi connectivity index (χ1n) is 34.5. The molecule has 468 valence electrons. The van der Waals surface area contributed by atoms with Crippen molar-refractivity contribution in [2.75, 3.05) is 13.2 Å². The van der Waals surface area contributed by atoms with Crippen molar-refractivity contribution in [2.45, 2.75) is 329 Å². The average molecular weight is 1140 g/mol. The Labute approximate surface area is 507 Å². The Balaban J connectivity index is 4.41. The van der Waals surface area contributed by atoms with Crippen molar-refractivity contribution in [1.82, 2.24) is 0 Å². The Morgan fingerprint density at radius 3 is 0.780 bits per heavy atom. The summed E-state index contributed by atoms with van der Waals surface area (Å²) in [6, 6.07) is 0. The Kier molecular flexibility index (Phi) is 65.8. The lowest BCUT2D eigenvalue weighted by Gasteiger charge is -2.18. The van der Waals surface area contributed by atoms with Gasteiger partial charge in [-0.3, -0.25) is 14.4 Å². The van der Waals surface area contributed by atoms with E-state index in [0.29, 0.717) is 19.3 Å². The first kappa shape index (κ1) is 77.8. The number of hydrogen-bond donors (Lipinski definition) is 0. The summed E-state index contributed by atoms with van der Waals surface area (Å²) in [5.74, 6) is -0.975. The topological polar surface area (TPSA) is 78.9 Å². The maximum absolute atomic E-state index is 12.9. The number of carbonyl (C=O) groups is 3. The fourth-order valence-corrected chi connectivity index (χ4v) is 9.63. The Hall–Kier alpha value is -4.19. The van der Waals surface area contributed by atoms with E-state index in [1.807, 2.05) is 0 Å². The van der Waals surface area contributed by atoms with Gasteiger partial charge in [-0.1, -0.05) is 322 Å². The molecular formula is C76H128O6. The van der Waals surface area contributed by atoms with Crippen molar-refractivity contribution >= 4 is 17.9 Å². The molecule has 0 aliphatic heterocycles. The minimum absolute atomic E-state index is 0.107. The number of esters is 3. The fourth-order valence-electron chi connectivity index (χ4n) is 9.63. The van der Waals surface area contributed by atoms with Gasteiger partial charge in [0.15, 0.2) is 6.10 Å². The van der Waals surface area contributed by atoms with E-state index >= 15 is 0 Å². The van der Waals surface area contributed by atoms with Gasteiger partial charge in [-0.25, -0.2) is 0 Å². The molecule has 6 nitrogen and oxygen atoms in total. The van der Waals surface area contributed by atoms with Crippen LogP contribution in [-0.4, -0.2) is 37.2 Å². The maximum Gasteiger partial charge on any atom is 0.306 e. The summed E-state index contributed by atoms with van der Waals surface area (Å²) in [6.45, 7) is 6.39. The summed E-state index contributed by atoms with van der Waals surface area (Å²) in [5, 5.41) is 0. The van der Waals surface area contributed by atoms with Crippen LogP contribution in [0, 0.1) is 0 Å². The summed E-state index contributed by atoms with van der Waals surface area (Å²) in [7, 11) is 0. The van der Waals surface area contributed by atoms with Crippen LogP contribution in [-0.2, 0) is 28.6 Å². The van der Waals surface area contributed by atoms with Crippen molar-refractivity contribution in [1.29, 1.82) is 0 Å². The van der Waals surface area contributed by atoms with Gasteiger partial charge in [-0.2, -0.15) is 0 Å². The van der Waals surface area contributed by atoms with Gasteiger partial charge in [0, 0.05) is 19.3 Å². The highest BCUT2D eigenvalue weighted by molar-refractivity contribution is 5.71. The molecule has 0 radical (unpaired) electrons. The summed E-state index contributed by atoms with van der Waals surface area (Å²) in [5.41, 5.74) is 0. The molecule has 0 aliphatic carbocycles. The molecule has 1 atom stereocenters. The Morgan fingerprint density at radius 2 is 0.488 bits per heavy atom. The number of hydrogen-bond acceptors (Lipinski definition) is 6. The second kappa shape index (κ2) is 69.3. The minimum atomic E-state index is -0.820. The van der Waals surface area contributed by atoms with Gasteiger partial charge in [0.05, 0.1) is 0 Å². The zero-order chi connectivity index (χ0) is 59.2. The van der Waals surface area contributed by atoms with E-state index < -0.39 is 6.10 Å². The molecule has 0 spiro atoms. The van der Waals surface area contributed by atoms with Crippen LogP contribution in [0.4, 0.5) is 0 Å². The van der Waals surface area contributed by atoms with Gasteiger partial charge in [0.2, 0.25) is 0 Å². The molecule has 0 N–H and O–H groups in total. The molecule has 0 bridgehead atoms. The molecule has 82 heavy (non-hydrogen) atoms. The second-order valence-corrected chi connectivity index (χ2v) is 22.7. The SMILES string of the molecule is CC/C=C\C/C=C\C/C=C\C/C=C\C/C=C\C/C=C\C/C=C\CCCC(=O)OC(COC(=O)CCCCCCC/C=C\C/C=C\C/C=C\CC)COC(=O)CCCCCCCCCCCCCCCCCCCCCCCCCCCC. The molecule has 1 unspecified atom stereocenters. The lowest BCUT2D eigenvalue weighted by atomic mass is 10.0. The molecule has 0 aromatic rings. The molecule has 0 aliphatic rings. The van der Waals surface area contributed by atoms with Crippen molar-refractivity contribution in [3.05, 3.63) is 122 Å². The third-order valence-corrected chi connectivity index (χ3v) is 14.7. The molecular weight excluding hydrogens is 1010 g/mol. The van der Waals surface area contributed by atoms with E-state index in [9.17, 15) is 14.4 Å². The van der Waals surface area contributed by atoms with Crippen LogP contribution >= 0.6 is 0 Å². The molecule has 0 heterocycles. The van der Waals surface area contributed by atoms with E-state index in [1.165, 1.54) is 148 Å². The van der Waals surface area contributed by atoms with Gasteiger partial charge >= 0.3 is 17.9 Å². The zero-order valence-corrected chi connectivity index (χ0v) is 53.7. The van der Waals surface area contributed by atoms with Gasteiger partial charge in [0.25, 0.3) is 0 Å². The predicted octanol–water partition coefficient (Wildman–Crippen LogP) is 23.9. The second-order valence-electron chi connectivity index (χ2n) is 22.7. The molecule has 0 fully saturated rings. The monoisotopic (exact) mass is 1140 g/mol. The van der Waals surface area contributed by atoms with Crippen LogP contribution in [0.1, 0.15) is 323 Å². The molecule has 0 aromatic carbocycles. The highest BCUT2D eigenvalue weighted by Gasteiger charge is 2.19. The van der Waals surface area contributed by atoms with E-state index in [2.05, 4.69) is 142 Å². The van der Waals surface area contributed by atoms with Crippen LogP contribution in [0.25, 0.3) is 0 Å². The van der Waals surface area contributed by atoms with Crippen LogP contribution in [0.2, 0.25) is 0 Å². The fraction of sp³-hybridized carbons (Fsp3) is 0.697. The number of allylic oxidation sites excluding steroid dienone is 20. The summed E-state index contributed by atoms with van der Waals surface area (Å²) < 4.78 is 16.9. The Morgan fingerprint density at radius 1 is 0.256 bits per heavy atom. The predicted molar refractivity (Wildman–Crippen MR) is 357 cm³/mol. The average Bonchev–Trinajstić information content (AvgIpc) is 3.47. The van der Waals surface area contributed by atoms with Gasteiger partial charge in [0.1, 0.15) is 13.2 Å². The van der Waals surface area contributed by atoms with Crippen LogP contribution in [0.5, 0.6) is 0 Å². The van der Waals surface area contributed by atoms with Crippen molar-refractivity contribution in [3.63, 3.8) is 0 Å². The van der Waals surface area contributed by atoms with Gasteiger partial charge < -0.3 is 14.2 Å². The van der Waals surface area contributed by atoms with E-state index in [-0.39, 0.29) is 37.5 Å². The number of carbonyl (C=O) groups excluding carboxylic acids is 3. The summed E-state index contributed by atoms with van der Waals surface area (Å²) in [4.78, 5) is 38.4. The van der Waals surface area contributed by atoms with Crippen LogP contribution < -0.4 is 0 Å². The van der Waals surface area contributed by atoms with Crippen molar-refractivity contribution in [3.8, 4) is 0 Å². The summed E-state index contributed by atoms with van der Waals surface area (Å²) in [6.07, 6.45) is 96.6. The third kappa shape index (κ3) is 66.6. The third-order valence-electron chi connectivity index (χ3n) is 14.7. The molecule has 0 saturated heterocycles. The zero-order valence-electron chi connectivity index (χ0n) is 53.7. The number of rotatable bonds is 62. The van der Waals surface area contributed by atoms with Crippen molar-refractivity contribution < 1.29 is 28.6 Å². The maximum atomic E-state index is 12.9. The lowest BCUT2D eigenvalue weighted by molar-refractivity contribution is -0.167. The van der Waals surface area contributed by atoms with Crippen LogP contribution in [0.3, 0.4) is 0 Å². The van der Waals surface area contributed by atoms with Gasteiger partial charge in [-0.05, 0) is 103 Å². The molecule has 0 aromatic heterocycles. The normalized spacial score (nSPS) is 12.9. The number of ether oxygens (including phenoxy) is 3. The van der Waals surface area contributed by atoms with E-state index in [0.717, 1.165) is 128 Å². The lowest BCUT2D eigenvalue weighted by Crippen LogP contribution is -2.30. The highest BCUT2D eigenvalue weighted by Crippen LogP contribution is 2.17. The molecule has 0 amide bonds. The summed E-state index contributed by atoms with van der Waals surface area (Å²) >= 11 is 0. The van der Waals surface area contributed by atoms with Gasteiger partial charge in [-0.15, -0.1) is 0 Å². The van der Waals surface area contributed by atoms with Crippen LogP contribution in [0.15, 0.2) is 122 Å².